The molecule has 1 N–H and O–H groups in total. The summed E-state index contributed by atoms with van der Waals surface area (Å²) in [6.45, 7) is 0. The van der Waals surface area contributed by atoms with Gasteiger partial charge < -0.3 is 5.32 Å². The molecule has 4 nitrogen and oxygen atoms in total. The number of rotatable bonds is 4. The van der Waals surface area contributed by atoms with Gasteiger partial charge in [-0.3, -0.25) is 4.79 Å². The number of carbonyl (C=O) groups is 1. The molecule has 0 bridgehead atoms. The van der Waals surface area contributed by atoms with Crippen molar-refractivity contribution in [3.8, 4) is 0 Å². The molecule has 0 aliphatic rings. The number of hydrogen-bond donors (Lipinski definition) is 1. The molecular weight excluding hydrogens is 333 g/mol. The zero-order valence-electron chi connectivity index (χ0n) is 11.8. The maximum Gasteiger partial charge on any atom is 0.199 e. The highest BCUT2D eigenvalue weighted by molar-refractivity contribution is 6.39. The second-order valence-corrected chi connectivity index (χ2v) is 5.44. The van der Waals surface area contributed by atoms with Crippen LogP contribution in [0.4, 0.5) is 11.4 Å². The summed E-state index contributed by atoms with van der Waals surface area (Å²) in [6, 6.07) is 16.8. The summed E-state index contributed by atoms with van der Waals surface area (Å²) in [5, 5.41) is 3.33. The Morgan fingerprint density at radius 1 is 0.826 bits per heavy atom. The van der Waals surface area contributed by atoms with Gasteiger partial charge in [0.25, 0.3) is 0 Å². The van der Waals surface area contributed by atoms with E-state index in [2.05, 4.69) is 15.3 Å². The van der Waals surface area contributed by atoms with Crippen LogP contribution >= 0.6 is 23.2 Å². The van der Waals surface area contributed by atoms with E-state index in [0.717, 1.165) is 11.4 Å². The van der Waals surface area contributed by atoms with E-state index in [1.54, 1.807) is 12.1 Å². The molecule has 23 heavy (non-hydrogen) atoms. The number of benzene rings is 2. The monoisotopic (exact) mass is 343 g/mol. The molecule has 3 aromatic rings. The van der Waals surface area contributed by atoms with Crippen molar-refractivity contribution in [3.63, 3.8) is 0 Å². The lowest BCUT2D eigenvalue weighted by atomic mass is 10.1. The average Bonchev–Trinajstić information content (AvgIpc) is 2.56. The van der Waals surface area contributed by atoms with Crippen molar-refractivity contribution in [2.45, 2.75) is 0 Å². The second-order valence-electron chi connectivity index (χ2n) is 4.73. The topological polar surface area (TPSA) is 54.9 Å². The van der Waals surface area contributed by atoms with Gasteiger partial charge in [0, 0.05) is 16.9 Å². The van der Waals surface area contributed by atoms with Gasteiger partial charge in [-0.1, -0.05) is 41.4 Å². The van der Waals surface area contributed by atoms with Crippen LogP contribution in [0.25, 0.3) is 0 Å². The van der Waals surface area contributed by atoms with Crippen molar-refractivity contribution in [1.82, 2.24) is 9.97 Å². The van der Waals surface area contributed by atoms with Gasteiger partial charge in [-0.15, -0.1) is 0 Å². The summed E-state index contributed by atoms with van der Waals surface area (Å²) in [5.41, 5.74) is 2.41. The molecule has 0 unspecified atom stereocenters. The van der Waals surface area contributed by atoms with Crippen molar-refractivity contribution >= 4 is 40.4 Å². The third-order valence-corrected chi connectivity index (χ3v) is 3.76. The molecule has 0 spiro atoms. The summed E-state index contributed by atoms with van der Waals surface area (Å²) in [5.74, 6) is -0.313. The fourth-order valence-corrected chi connectivity index (χ4v) is 2.56. The van der Waals surface area contributed by atoms with Crippen LogP contribution in [0, 0.1) is 0 Å². The van der Waals surface area contributed by atoms with E-state index < -0.39 is 0 Å². The number of ketones is 1. The minimum Gasteiger partial charge on any atom is -0.356 e. The standard InChI is InChI=1S/C17H11Cl2N3O/c18-16-14(17(19)21-10-20-16)15(23)11-6-8-13(9-7-11)22-12-4-2-1-3-5-12/h1-10,22H. The number of anilines is 2. The second kappa shape index (κ2) is 6.77. The van der Waals surface area contributed by atoms with Crippen LogP contribution in [-0.2, 0) is 0 Å². The number of halogens is 2. The number of para-hydroxylation sites is 1. The molecule has 0 fully saturated rings. The SMILES string of the molecule is O=C(c1ccc(Nc2ccccc2)cc1)c1c(Cl)ncnc1Cl. The predicted octanol–water partition coefficient (Wildman–Crippen LogP) is 4.76. The zero-order chi connectivity index (χ0) is 16.2. The molecule has 0 aliphatic carbocycles. The van der Waals surface area contributed by atoms with E-state index in [1.165, 1.54) is 6.33 Å². The zero-order valence-corrected chi connectivity index (χ0v) is 13.3. The Balaban J connectivity index is 1.83. The summed E-state index contributed by atoms with van der Waals surface area (Å²) in [4.78, 5) is 20.1. The Labute approximate surface area is 143 Å². The van der Waals surface area contributed by atoms with Crippen LogP contribution in [0.2, 0.25) is 10.3 Å². The molecule has 1 aromatic heterocycles. The van der Waals surface area contributed by atoms with Crippen molar-refractivity contribution in [2.24, 2.45) is 0 Å². The van der Waals surface area contributed by atoms with E-state index in [9.17, 15) is 4.79 Å². The summed E-state index contributed by atoms with van der Waals surface area (Å²) < 4.78 is 0. The molecule has 114 valence electrons. The van der Waals surface area contributed by atoms with E-state index in [0.29, 0.717) is 5.56 Å². The highest BCUT2D eigenvalue weighted by Gasteiger charge is 2.18. The normalized spacial score (nSPS) is 10.3. The van der Waals surface area contributed by atoms with Crippen LogP contribution in [0.1, 0.15) is 15.9 Å². The van der Waals surface area contributed by atoms with Crippen LogP contribution in [0.15, 0.2) is 60.9 Å². The molecule has 0 atom stereocenters. The number of nitrogens with one attached hydrogen (secondary N) is 1. The molecular formula is C17H11Cl2N3O. The van der Waals surface area contributed by atoms with Crippen molar-refractivity contribution in [2.75, 3.05) is 5.32 Å². The van der Waals surface area contributed by atoms with E-state index >= 15 is 0 Å². The minimum atomic E-state index is -0.313. The summed E-state index contributed by atoms with van der Waals surface area (Å²) in [7, 11) is 0. The van der Waals surface area contributed by atoms with E-state index in [-0.39, 0.29) is 21.7 Å². The Morgan fingerprint density at radius 3 is 2.00 bits per heavy atom. The van der Waals surface area contributed by atoms with Crippen molar-refractivity contribution in [1.29, 1.82) is 0 Å². The maximum atomic E-state index is 12.5. The largest absolute Gasteiger partial charge is 0.356 e. The number of nitrogens with zero attached hydrogens (tertiary/aromatic N) is 2. The first-order valence-corrected chi connectivity index (χ1v) is 7.53. The molecule has 2 aromatic carbocycles. The summed E-state index contributed by atoms with van der Waals surface area (Å²) in [6.07, 6.45) is 1.22. The lowest BCUT2D eigenvalue weighted by Gasteiger charge is -2.08. The highest BCUT2D eigenvalue weighted by Crippen LogP contribution is 2.24. The number of aromatic nitrogens is 2. The molecule has 0 aliphatic heterocycles. The fraction of sp³-hybridized carbons (Fsp3) is 0. The smallest absolute Gasteiger partial charge is 0.199 e. The molecule has 0 amide bonds. The third-order valence-electron chi connectivity index (χ3n) is 3.19. The van der Waals surface area contributed by atoms with Gasteiger partial charge in [0.15, 0.2) is 5.78 Å². The van der Waals surface area contributed by atoms with Gasteiger partial charge in [0.1, 0.15) is 16.6 Å². The van der Waals surface area contributed by atoms with Crippen LogP contribution in [0.3, 0.4) is 0 Å². The van der Waals surface area contributed by atoms with E-state index in [1.807, 2.05) is 42.5 Å². The molecule has 6 heteroatoms. The minimum absolute atomic E-state index is 0.0430. The fourth-order valence-electron chi connectivity index (χ4n) is 2.07. The van der Waals surface area contributed by atoms with Crippen LogP contribution in [0.5, 0.6) is 0 Å². The Hall–Kier alpha value is -2.43. The lowest BCUT2D eigenvalue weighted by Crippen LogP contribution is -2.05. The Bertz CT molecular complexity index is 816. The Morgan fingerprint density at radius 2 is 1.39 bits per heavy atom. The van der Waals surface area contributed by atoms with Gasteiger partial charge in [-0.05, 0) is 36.4 Å². The maximum absolute atomic E-state index is 12.5. The van der Waals surface area contributed by atoms with Gasteiger partial charge >= 0.3 is 0 Å². The first kappa shape index (κ1) is 15.5. The third kappa shape index (κ3) is 3.50. The highest BCUT2D eigenvalue weighted by atomic mass is 35.5. The van der Waals surface area contributed by atoms with Crippen LogP contribution < -0.4 is 5.32 Å². The molecule has 3 rings (SSSR count). The van der Waals surface area contributed by atoms with E-state index in [4.69, 9.17) is 23.2 Å². The quantitative estimate of drug-likeness (QED) is 0.548. The molecule has 1 heterocycles. The predicted molar refractivity (Wildman–Crippen MR) is 91.7 cm³/mol. The Kier molecular flexibility index (Phi) is 4.55. The average molecular weight is 344 g/mol. The first-order valence-electron chi connectivity index (χ1n) is 6.78. The lowest BCUT2D eigenvalue weighted by molar-refractivity contribution is 0.103. The van der Waals surface area contributed by atoms with Gasteiger partial charge in [0.05, 0.1) is 5.56 Å². The molecule has 0 saturated heterocycles. The van der Waals surface area contributed by atoms with Crippen molar-refractivity contribution in [3.05, 3.63) is 82.4 Å². The molecule has 0 radical (unpaired) electrons. The first-order chi connectivity index (χ1) is 11.1. The van der Waals surface area contributed by atoms with Crippen LogP contribution in [-0.4, -0.2) is 15.8 Å². The molecule has 0 saturated carbocycles. The van der Waals surface area contributed by atoms with Crippen molar-refractivity contribution < 1.29 is 4.79 Å². The van der Waals surface area contributed by atoms with Gasteiger partial charge in [0.2, 0.25) is 0 Å². The number of carbonyl (C=O) groups excluding carboxylic acids is 1. The summed E-state index contributed by atoms with van der Waals surface area (Å²) >= 11 is 11.9. The van der Waals surface area contributed by atoms with Gasteiger partial charge in [-0.25, -0.2) is 9.97 Å². The number of hydrogen-bond acceptors (Lipinski definition) is 4. The van der Waals surface area contributed by atoms with Gasteiger partial charge in [-0.2, -0.15) is 0 Å².